The lowest BCUT2D eigenvalue weighted by Crippen LogP contribution is -2.41. The van der Waals surface area contributed by atoms with E-state index in [1.165, 1.54) is 49.8 Å². The summed E-state index contributed by atoms with van der Waals surface area (Å²) in [4.78, 5) is 0. The number of rotatable bonds is 6. The van der Waals surface area contributed by atoms with Crippen LogP contribution in [0.3, 0.4) is 0 Å². The van der Waals surface area contributed by atoms with Crippen molar-refractivity contribution >= 4 is 10.1 Å². The monoisotopic (exact) mass is 369 g/mol. The molecule has 1 heterocycles. The first-order chi connectivity index (χ1) is 10.2. The molecule has 0 aromatic heterocycles. The molecule has 0 unspecified atom stereocenters. The smallest absolute Gasteiger partial charge is 0.394 e. The molecule has 0 aromatic rings. The third-order valence-corrected chi connectivity index (χ3v) is 4.32. The highest BCUT2D eigenvalue weighted by Gasteiger charge is 2.44. The molecule has 140 valence electrons. The molecule has 1 fully saturated rings. The van der Waals surface area contributed by atoms with Gasteiger partial charge in [-0.15, -0.1) is 0 Å². The Kier molecular flexibility index (Phi) is 8.39. The molecule has 0 amide bonds. The third-order valence-electron chi connectivity index (χ3n) is 3.54. The quantitative estimate of drug-likeness (QED) is 0.411. The highest BCUT2D eigenvalue weighted by atomic mass is 32.2. The molecular formula is C13H24F5NO3S. The van der Waals surface area contributed by atoms with E-state index < -0.39 is 34.4 Å². The van der Waals surface area contributed by atoms with Crippen molar-refractivity contribution in [3.63, 3.8) is 0 Å². The molecule has 10 heteroatoms. The average molecular weight is 369 g/mol. The standard InChI is InChI=1S/C9H20N.C4H5F5O3S/c1-3-4-7-10(2)8-5-6-9-10;5-3(6,1-4(7,8)9)2-13(10,11)12/h3-9H2,1-2H3;1-2H2,(H,10,11,12)/q+1;/p-1. The molecule has 1 saturated heterocycles. The van der Waals surface area contributed by atoms with Crippen LogP contribution in [-0.2, 0) is 10.1 Å². The number of hydrogen-bond acceptors (Lipinski definition) is 3. The SMILES string of the molecule is CCCC[N+]1(C)CCCC1.O=S(=O)([O-])CC(F)(F)CC(F)(F)F. The predicted octanol–water partition coefficient (Wildman–Crippen LogP) is 3.15. The molecule has 0 radical (unpaired) electrons. The topological polar surface area (TPSA) is 57.2 Å². The van der Waals surface area contributed by atoms with Gasteiger partial charge >= 0.3 is 6.18 Å². The van der Waals surface area contributed by atoms with Crippen molar-refractivity contribution in [1.29, 1.82) is 0 Å². The minimum atomic E-state index is -5.35. The molecule has 0 atom stereocenters. The number of quaternary nitrogens is 1. The van der Waals surface area contributed by atoms with Gasteiger partial charge in [-0.25, -0.2) is 17.2 Å². The van der Waals surface area contributed by atoms with E-state index in [-0.39, 0.29) is 0 Å². The average Bonchev–Trinajstić information content (AvgIpc) is 2.68. The van der Waals surface area contributed by atoms with Gasteiger partial charge in [0.05, 0.1) is 26.7 Å². The van der Waals surface area contributed by atoms with Crippen LogP contribution >= 0.6 is 0 Å². The van der Waals surface area contributed by atoms with Crippen molar-refractivity contribution in [2.75, 3.05) is 32.4 Å². The fourth-order valence-electron chi connectivity index (χ4n) is 2.47. The van der Waals surface area contributed by atoms with Gasteiger partial charge in [0.15, 0.2) is 0 Å². The number of alkyl halides is 5. The highest BCUT2D eigenvalue weighted by molar-refractivity contribution is 7.85. The highest BCUT2D eigenvalue weighted by Crippen LogP contribution is 2.32. The fraction of sp³-hybridized carbons (Fsp3) is 1.00. The summed E-state index contributed by atoms with van der Waals surface area (Å²) in [5.74, 6) is -6.89. The number of likely N-dealkylation sites (tertiary alicyclic amines) is 1. The zero-order chi connectivity index (χ0) is 18.4. The molecule has 0 bridgehead atoms. The molecular weight excluding hydrogens is 345 g/mol. The zero-order valence-electron chi connectivity index (χ0n) is 13.3. The maximum Gasteiger partial charge on any atom is 0.394 e. The van der Waals surface area contributed by atoms with E-state index in [0.717, 1.165) is 0 Å². The molecule has 4 nitrogen and oxygen atoms in total. The van der Waals surface area contributed by atoms with Gasteiger partial charge in [0.1, 0.15) is 22.3 Å². The molecule has 0 aliphatic carbocycles. The van der Waals surface area contributed by atoms with E-state index >= 15 is 0 Å². The van der Waals surface area contributed by atoms with Crippen LogP contribution < -0.4 is 0 Å². The Balaban J connectivity index is 0.000000433. The van der Waals surface area contributed by atoms with E-state index in [0.29, 0.717) is 0 Å². The van der Waals surface area contributed by atoms with Gasteiger partial charge in [-0.1, -0.05) is 13.3 Å². The fourth-order valence-corrected chi connectivity index (χ4v) is 3.08. The second-order valence-corrected chi connectivity index (χ2v) is 7.60. The minimum Gasteiger partial charge on any atom is -0.748 e. The van der Waals surface area contributed by atoms with Gasteiger partial charge in [-0.05, 0) is 6.42 Å². The largest absolute Gasteiger partial charge is 0.748 e. The molecule has 1 rings (SSSR count). The van der Waals surface area contributed by atoms with Crippen LogP contribution in [0.5, 0.6) is 0 Å². The Morgan fingerprint density at radius 3 is 1.91 bits per heavy atom. The number of hydrogen-bond donors (Lipinski definition) is 0. The first-order valence-electron chi connectivity index (χ1n) is 7.40. The summed E-state index contributed by atoms with van der Waals surface area (Å²) < 4.78 is 88.8. The lowest BCUT2D eigenvalue weighted by molar-refractivity contribution is -0.897. The van der Waals surface area contributed by atoms with Crippen molar-refractivity contribution in [2.24, 2.45) is 0 Å². The maximum atomic E-state index is 12.1. The molecule has 0 saturated carbocycles. The predicted molar refractivity (Wildman–Crippen MR) is 75.1 cm³/mol. The minimum absolute atomic E-state index is 1.36. The van der Waals surface area contributed by atoms with E-state index in [9.17, 15) is 34.9 Å². The van der Waals surface area contributed by atoms with Crippen molar-refractivity contribution in [2.45, 2.75) is 51.1 Å². The summed E-state index contributed by atoms with van der Waals surface area (Å²) in [6.07, 6.45) is -2.12. The van der Waals surface area contributed by atoms with Gasteiger partial charge in [0.25, 0.3) is 5.92 Å². The lowest BCUT2D eigenvalue weighted by Gasteiger charge is -2.28. The Labute approximate surface area is 134 Å². The van der Waals surface area contributed by atoms with Crippen LogP contribution in [0.25, 0.3) is 0 Å². The maximum absolute atomic E-state index is 12.1. The van der Waals surface area contributed by atoms with Crippen LogP contribution in [0.1, 0.15) is 39.0 Å². The normalized spacial score (nSPS) is 18.4. The zero-order valence-corrected chi connectivity index (χ0v) is 14.2. The summed E-state index contributed by atoms with van der Waals surface area (Å²) in [6, 6.07) is 0. The molecule has 0 aromatic carbocycles. The molecule has 23 heavy (non-hydrogen) atoms. The summed E-state index contributed by atoms with van der Waals surface area (Å²) >= 11 is 0. The van der Waals surface area contributed by atoms with Crippen molar-refractivity contribution in [1.82, 2.24) is 0 Å². The number of nitrogens with zero attached hydrogens (tertiary/aromatic N) is 1. The van der Waals surface area contributed by atoms with E-state index in [1.54, 1.807) is 0 Å². The molecule has 0 N–H and O–H groups in total. The molecule has 1 aliphatic heterocycles. The van der Waals surface area contributed by atoms with E-state index in [4.69, 9.17) is 0 Å². The third kappa shape index (κ3) is 12.6. The number of unbranched alkanes of at least 4 members (excludes halogenated alkanes) is 1. The van der Waals surface area contributed by atoms with Crippen molar-refractivity contribution in [3.05, 3.63) is 0 Å². The van der Waals surface area contributed by atoms with Crippen molar-refractivity contribution < 1.29 is 39.4 Å². The summed E-state index contributed by atoms with van der Waals surface area (Å²) in [5, 5.41) is 0. The van der Waals surface area contributed by atoms with Crippen molar-refractivity contribution in [3.8, 4) is 0 Å². The van der Waals surface area contributed by atoms with Crippen LogP contribution in [0.2, 0.25) is 0 Å². The van der Waals surface area contributed by atoms with Gasteiger partial charge in [-0.2, -0.15) is 13.2 Å². The van der Waals surface area contributed by atoms with Gasteiger partial charge in [0.2, 0.25) is 0 Å². The Bertz CT molecular complexity index is 445. The molecule has 0 spiro atoms. The van der Waals surface area contributed by atoms with Crippen LogP contribution in [0.15, 0.2) is 0 Å². The summed E-state index contributed by atoms with van der Waals surface area (Å²) in [5.41, 5.74) is 0. The van der Waals surface area contributed by atoms with Crippen LogP contribution in [0, 0.1) is 0 Å². The Morgan fingerprint density at radius 1 is 1.09 bits per heavy atom. The van der Waals surface area contributed by atoms with E-state index in [1.807, 2.05) is 0 Å². The second-order valence-electron chi connectivity index (χ2n) is 6.20. The van der Waals surface area contributed by atoms with Gasteiger partial charge in [-0.3, -0.25) is 0 Å². The summed E-state index contributed by atoms with van der Waals surface area (Å²) in [7, 11) is -2.95. The lowest BCUT2D eigenvalue weighted by atomic mass is 10.3. The van der Waals surface area contributed by atoms with Crippen LogP contribution in [-0.4, -0.2) is 62.0 Å². The summed E-state index contributed by atoms with van der Waals surface area (Å²) in [6.45, 7) is 6.55. The Morgan fingerprint density at radius 2 is 1.57 bits per heavy atom. The van der Waals surface area contributed by atoms with Gasteiger partial charge in [0, 0.05) is 12.8 Å². The van der Waals surface area contributed by atoms with Crippen LogP contribution in [0.4, 0.5) is 22.0 Å². The second kappa shape index (κ2) is 8.57. The molecule has 1 aliphatic rings. The first-order valence-corrected chi connectivity index (χ1v) is 8.97. The number of halogens is 5. The Hall–Kier alpha value is -0.480. The first kappa shape index (κ1) is 22.5. The van der Waals surface area contributed by atoms with Gasteiger partial charge < -0.3 is 9.04 Å². The van der Waals surface area contributed by atoms with E-state index in [2.05, 4.69) is 14.0 Å².